The van der Waals surface area contributed by atoms with Gasteiger partial charge in [-0.05, 0) is 55.2 Å². The topological polar surface area (TPSA) is 48.0 Å². The first-order valence-electron chi connectivity index (χ1n) is 10.1. The molecular weight excluding hydrogens is 342 g/mol. The van der Waals surface area contributed by atoms with Gasteiger partial charge in [0.15, 0.2) is 11.5 Å². The molecule has 1 saturated heterocycles. The number of amides is 1. The minimum atomic E-state index is -0.182. The molecule has 2 aliphatic rings. The van der Waals surface area contributed by atoms with E-state index in [9.17, 15) is 4.79 Å². The van der Waals surface area contributed by atoms with Crippen LogP contribution in [-0.2, 0) is 4.79 Å². The highest BCUT2D eigenvalue weighted by atomic mass is 16.7. The van der Waals surface area contributed by atoms with Crippen molar-refractivity contribution in [2.45, 2.75) is 59.3 Å². The van der Waals surface area contributed by atoms with Crippen molar-refractivity contribution in [1.82, 2.24) is 4.90 Å². The van der Waals surface area contributed by atoms with Crippen LogP contribution in [0.2, 0.25) is 0 Å². The average Bonchev–Trinajstić information content (AvgIpc) is 3.22. The van der Waals surface area contributed by atoms with Gasteiger partial charge in [0.1, 0.15) is 0 Å². The highest BCUT2D eigenvalue weighted by Gasteiger charge is 2.38. The molecule has 0 spiro atoms. The molecule has 0 bridgehead atoms. The first kappa shape index (κ1) is 19.8. The fourth-order valence-corrected chi connectivity index (χ4v) is 4.17. The summed E-state index contributed by atoms with van der Waals surface area (Å²) in [6, 6.07) is 4.18. The van der Waals surface area contributed by atoms with E-state index in [1.807, 2.05) is 4.90 Å². The van der Waals surface area contributed by atoms with Gasteiger partial charge in [-0.15, -0.1) is 0 Å². The van der Waals surface area contributed by atoms with Crippen molar-refractivity contribution in [2.75, 3.05) is 27.0 Å². The number of methoxy groups -OCH3 is 1. The molecule has 5 nitrogen and oxygen atoms in total. The Morgan fingerprint density at radius 2 is 2.07 bits per heavy atom. The normalized spacial score (nSPS) is 20.0. The Morgan fingerprint density at radius 3 is 2.70 bits per heavy atom. The Hall–Kier alpha value is -1.91. The van der Waals surface area contributed by atoms with Crippen LogP contribution < -0.4 is 14.2 Å². The number of hydrogen-bond acceptors (Lipinski definition) is 4. The predicted octanol–water partition coefficient (Wildman–Crippen LogP) is 4.59. The molecule has 2 aliphatic heterocycles. The summed E-state index contributed by atoms with van der Waals surface area (Å²) in [5, 5.41) is 0. The molecule has 0 aromatic heterocycles. The van der Waals surface area contributed by atoms with Gasteiger partial charge in [0.05, 0.1) is 7.11 Å². The Bertz CT molecular complexity index is 685. The maximum absolute atomic E-state index is 12.4. The van der Waals surface area contributed by atoms with Gasteiger partial charge in [-0.1, -0.05) is 27.7 Å². The molecule has 0 radical (unpaired) electrons. The van der Waals surface area contributed by atoms with Gasteiger partial charge in [-0.3, -0.25) is 4.79 Å². The lowest BCUT2D eigenvalue weighted by Crippen LogP contribution is -2.32. The molecule has 1 aromatic carbocycles. The van der Waals surface area contributed by atoms with Gasteiger partial charge >= 0.3 is 0 Å². The van der Waals surface area contributed by atoms with Crippen LogP contribution in [0, 0.1) is 11.3 Å². The van der Waals surface area contributed by atoms with Crippen molar-refractivity contribution in [1.29, 1.82) is 0 Å². The third-order valence-electron chi connectivity index (χ3n) is 6.10. The van der Waals surface area contributed by atoms with Crippen LogP contribution in [-0.4, -0.2) is 37.8 Å². The molecule has 27 heavy (non-hydrogen) atoms. The molecule has 0 N–H and O–H groups in total. The number of carbonyl (C=O) groups excluding carboxylic acids is 1. The van der Waals surface area contributed by atoms with E-state index >= 15 is 0 Å². The Morgan fingerprint density at radius 1 is 1.30 bits per heavy atom. The van der Waals surface area contributed by atoms with Crippen LogP contribution >= 0.6 is 0 Å². The third kappa shape index (κ3) is 4.17. The van der Waals surface area contributed by atoms with Crippen molar-refractivity contribution < 1.29 is 19.0 Å². The fourth-order valence-electron chi connectivity index (χ4n) is 4.17. The van der Waals surface area contributed by atoms with Gasteiger partial charge in [-0.2, -0.15) is 0 Å². The van der Waals surface area contributed by atoms with Gasteiger partial charge in [0.2, 0.25) is 18.4 Å². The van der Waals surface area contributed by atoms with Gasteiger partial charge in [0.25, 0.3) is 0 Å². The smallest absolute Gasteiger partial charge is 0.231 e. The SMILES string of the molecule is CCC(CC(C)CCN1CCC(C)(C)C1=O)c1cc(OC)c2c(c1)OCO2. The molecule has 2 atom stereocenters. The predicted molar refractivity (Wildman–Crippen MR) is 106 cm³/mol. The maximum atomic E-state index is 12.4. The molecule has 3 rings (SSSR count). The van der Waals surface area contributed by atoms with E-state index in [2.05, 4.69) is 39.8 Å². The summed E-state index contributed by atoms with van der Waals surface area (Å²) < 4.78 is 16.6. The molecule has 1 fully saturated rings. The number of nitrogens with zero attached hydrogens (tertiary/aromatic N) is 1. The summed E-state index contributed by atoms with van der Waals surface area (Å²) in [4.78, 5) is 14.4. The standard InChI is InChI=1S/C22H33NO4/c1-6-16(17-12-18(25-5)20-19(13-17)26-14-27-20)11-15(2)7-9-23-10-8-22(3,4)21(23)24/h12-13,15-16H,6-11,14H2,1-5H3. The molecular formula is C22H33NO4. The molecule has 2 unspecified atom stereocenters. The molecule has 5 heteroatoms. The fraction of sp³-hybridized carbons (Fsp3) is 0.682. The minimum Gasteiger partial charge on any atom is -0.493 e. The number of likely N-dealkylation sites (tertiary alicyclic amines) is 1. The second-order valence-electron chi connectivity index (χ2n) is 8.62. The van der Waals surface area contributed by atoms with E-state index in [0.29, 0.717) is 23.5 Å². The number of fused-ring (bicyclic) bond motifs is 1. The third-order valence-corrected chi connectivity index (χ3v) is 6.10. The molecule has 150 valence electrons. The van der Waals surface area contributed by atoms with Gasteiger partial charge < -0.3 is 19.1 Å². The summed E-state index contributed by atoms with van der Waals surface area (Å²) in [5.74, 6) is 3.52. The van der Waals surface area contributed by atoms with E-state index in [0.717, 1.165) is 50.3 Å². The average molecular weight is 376 g/mol. The zero-order chi connectivity index (χ0) is 19.6. The summed E-state index contributed by atoms with van der Waals surface area (Å²) in [5.41, 5.74) is 1.06. The van der Waals surface area contributed by atoms with Gasteiger partial charge in [-0.25, -0.2) is 0 Å². The molecule has 0 saturated carbocycles. The Labute approximate surface area is 163 Å². The van der Waals surface area contributed by atoms with Crippen molar-refractivity contribution in [2.24, 2.45) is 11.3 Å². The van der Waals surface area contributed by atoms with Crippen molar-refractivity contribution in [3.63, 3.8) is 0 Å². The Balaban J connectivity index is 1.61. The first-order valence-corrected chi connectivity index (χ1v) is 10.1. The van der Waals surface area contributed by atoms with Crippen LogP contribution in [0.1, 0.15) is 64.9 Å². The van der Waals surface area contributed by atoms with Gasteiger partial charge in [0, 0.05) is 18.5 Å². The van der Waals surface area contributed by atoms with Crippen LogP contribution in [0.3, 0.4) is 0 Å². The van der Waals surface area contributed by atoms with Crippen molar-refractivity contribution in [3.05, 3.63) is 17.7 Å². The lowest BCUT2D eigenvalue weighted by molar-refractivity contribution is -0.134. The number of benzene rings is 1. The first-order chi connectivity index (χ1) is 12.9. The Kier molecular flexibility index (Phi) is 5.87. The van der Waals surface area contributed by atoms with Crippen molar-refractivity contribution >= 4 is 5.91 Å². The minimum absolute atomic E-state index is 0.182. The number of hydrogen-bond donors (Lipinski definition) is 0. The van der Waals surface area contributed by atoms with E-state index in [1.54, 1.807) is 7.11 Å². The number of carbonyl (C=O) groups is 1. The zero-order valence-electron chi connectivity index (χ0n) is 17.3. The van der Waals surface area contributed by atoms with Crippen molar-refractivity contribution in [3.8, 4) is 17.2 Å². The molecule has 2 heterocycles. The highest BCUT2D eigenvalue weighted by Crippen LogP contribution is 2.44. The molecule has 0 aliphatic carbocycles. The largest absolute Gasteiger partial charge is 0.493 e. The van der Waals surface area contributed by atoms with Crippen LogP contribution in [0.5, 0.6) is 17.2 Å². The molecule has 1 aromatic rings. The summed E-state index contributed by atoms with van der Waals surface area (Å²) in [7, 11) is 1.67. The monoisotopic (exact) mass is 375 g/mol. The van der Waals surface area contributed by atoms with E-state index in [4.69, 9.17) is 14.2 Å². The zero-order valence-corrected chi connectivity index (χ0v) is 17.3. The second-order valence-corrected chi connectivity index (χ2v) is 8.62. The molecule has 1 amide bonds. The second kappa shape index (κ2) is 7.99. The number of rotatable bonds is 8. The van der Waals surface area contributed by atoms with Crippen LogP contribution in [0.15, 0.2) is 12.1 Å². The van der Waals surface area contributed by atoms with E-state index < -0.39 is 0 Å². The lowest BCUT2D eigenvalue weighted by Gasteiger charge is -2.24. The van der Waals surface area contributed by atoms with E-state index in [-0.39, 0.29) is 12.2 Å². The summed E-state index contributed by atoms with van der Waals surface area (Å²) in [6.45, 7) is 10.6. The number of ether oxygens (including phenoxy) is 3. The maximum Gasteiger partial charge on any atom is 0.231 e. The summed E-state index contributed by atoms with van der Waals surface area (Å²) >= 11 is 0. The quantitative estimate of drug-likeness (QED) is 0.667. The van der Waals surface area contributed by atoms with E-state index in [1.165, 1.54) is 5.56 Å². The highest BCUT2D eigenvalue weighted by molar-refractivity contribution is 5.83. The lowest BCUT2D eigenvalue weighted by atomic mass is 9.86. The van der Waals surface area contributed by atoms with Crippen LogP contribution in [0.25, 0.3) is 0 Å². The van der Waals surface area contributed by atoms with Crippen LogP contribution in [0.4, 0.5) is 0 Å². The summed E-state index contributed by atoms with van der Waals surface area (Å²) in [6.07, 6.45) is 4.16.